The molecule has 1 aliphatic carbocycles. The molecule has 0 spiro atoms. The largest absolute Gasteiger partial charge is 0.352 e. The number of Topliss-reactive ketones (excluding diaryl/α,β-unsaturated/α-hetero) is 1. The number of aromatic nitrogens is 1. The van der Waals surface area contributed by atoms with Crippen LogP contribution >= 0.6 is 11.8 Å². The zero-order chi connectivity index (χ0) is 14.2. The Labute approximate surface area is 129 Å². The molecule has 1 aromatic heterocycles. The molecule has 0 radical (unpaired) electrons. The maximum Gasteiger partial charge on any atom is 0.164 e. The standard InChI is InChI=1S/C18H19NOS/c20-17-7-3-1-6-14-10-19(12-16(14)17)11-15-9-13-5-2-4-8-18(13)21-15/h2,4-5,8,10,12,15H,1,3,6-7,9,11H2. The Morgan fingerprint density at radius 1 is 1.10 bits per heavy atom. The minimum absolute atomic E-state index is 0.337. The highest BCUT2D eigenvalue weighted by Crippen LogP contribution is 2.37. The lowest BCUT2D eigenvalue weighted by Crippen LogP contribution is -2.10. The van der Waals surface area contributed by atoms with Gasteiger partial charge in [0.2, 0.25) is 0 Å². The number of carbonyl (C=O) groups is 1. The first-order valence-electron chi connectivity index (χ1n) is 7.76. The molecule has 21 heavy (non-hydrogen) atoms. The van der Waals surface area contributed by atoms with Crippen LogP contribution in [0.15, 0.2) is 41.6 Å². The monoisotopic (exact) mass is 297 g/mol. The van der Waals surface area contributed by atoms with E-state index in [1.165, 1.54) is 16.0 Å². The van der Waals surface area contributed by atoms with Gasteiger partial charge in [0.05, 0.1) is 0 Å². The minimum Gasteiger partial charge on any atom is -0.352 e. The summed E-state index contributed by atoms with van der Waals surface area (Å²) in [7, 11) is 0. The molecule has 1 aliphatic heterocycles. The number of aryl methyl sites for hydroxylation is 1. The van der Waals surface area contributed by atoms with E-state index in [0.717, 1.165) is 44.2 Å². The first kappa shape index (κ1) is 13.2. The fraction of sp³-hybridized carbons (Fsp3) is 0.389. The van der Waals surface area contributed by atoms with Crippen LogP contribution in [0, 0.1) is 0 Å². The van der Waals surface area contributed by atoms with Gasteiger partial charge >= 0.3 is 0 Å². The Hall–Kier alpha value is -1.48. The van der Waals surface area contributed by atoms with Crippen LogP contribution in [-0.2, 0) is 19.4 Å². The summed E-state index contributed by atoms with van der Waals surface area (Å²) < 4.78 is 2.25. The number of hydrogen-bond acceptors (Lipinski definition) is 2. The zero-order valence-corrected chi connectivity index (χ0v) is 12.9. The van der Waals surface area contributed by atoms with Gasteiger partial charge in [-0.15, -0.1) is 11.8 Å². The van der Waals surface area contributed by atoms with Crippen LogP contribution in [-0.4, -0.2) is 15.6 Å². The molecule has 0 saturated heterocycles. The van der Waals surface area contributed by atoms with Crippen molar-refractivity contribution in [3.8, 4) is 0 Å². The minimum atomic E-state index is 0.337. The SMILES string of the molecule is O=C1CCCCc2cn(CC3Cc4ccccc4S3)cc21. The average molecular weight is 297 g/mol. The van der Waals surface area contributed by atoms with E-state index in [1.807, 2.05) is 11.8 Å². The highest BCUT2D eigenvalue weighted by Gasteiger charge is 2.23. The molecule has 0 saturated carbocycles. The van der Waals surface area contributed by atoms with Crippen molar-refractivity contribution >= 4 is 17.5 Å². The molecule has 2 aromatic rings. The molecule has 0 N–H and O–H groups in total. The number of rotatable bonds is 2. The second-order valence-corrected chi connectivity index (χ2v) is 7.42. The van der Waals surface area contributed by atoms with Gasteiger partial charge in [-0.05, 0) is 42.9 Å². The lowest BCUT2D eigenvalue weighted by Gasteiger charge is -2.09. The normalized spacial score (nSPS) is 21.0. The molecule has 3 heteroatoms. The van der Waals surface area contributed by atoms with E-state index >= 15 is 0 Å². The summed E-state index contributed by atoms with van der Waals surface area (Å²) in [5, 5.41) is 0.591. The van der Waals surface area contributed by atoms with Gasteiger partial charge in [0.25, 0.3) is 0 Å². The van der Waals surface area contributed by atoms with Gasteiger partial charge in [-0.2, -0.15) is 0 Å². The summed E-state index contributed by atoms with van der Waals surface area (Å²) in [5.41, 5.74) is 3.71. The highest BCUT2D eigenvalue weighted by molar-refractivity contribution is 8.00. The van der Waals surface area contributed by atoms with Gasteiger partial charge in [-0.1, -0.05) is 18.2 Å². The van der Waals surface area contributed by atoms with Crippen molar-refractivity contribution in [3.05, 3.63) is 53.3 Å². The van der Waals surface area contributed by atoms with E-state index in [2.05, 4.69) is 41.2 Å². The first-order valence-corrected chi connectivity index (χ1v) is 8.64. The summed E-state index contributed by atoms with van der Waals surface area (Å²) in [6, 6.07) is 8.69. The number of thioether (sulfide) groups is 1. The molecular weight excluding hydrogens is 278 g/mol. The zero-order valence-electron chi connectivity index (χ0n) is 12.0. The summed E-state index contributed by atoms with van der Waals surface area (Å²) in [6.07, 6.45) is 9.41. The average Bonchev–Trinajstić information content (AvgIpc) is 3.02. The van der Waals surface area contributed by atoms with Crippen LogP contribution in [0.2, 0.25) is 0 Å². The van der Waals surface area contributed by atoms with Gasteiger partial charge in [-0.25, -0.2) is 0 Å². The Bertz CT molecular complexity index is 663. The fourth-order valence-corrected chi connectivity index (χ4v) is 4.77. The molecule has 1 aromatic carbocycles. The van der Waals surface area contributed by atoms with E-state index in [1.54, 1.807) is 0 Å². The van der Waals surface area contributed by atoms with Crippen LogP contribution in [0.4, 0.5) is 0 Å². The quantitative estimate of drug-likeness (QED) is 0.778. The Balaban J connectivity index is 1.52. The van der Waals surface area contributed by atoms with Crippen LogP contribution < -0.4 is 0 Å². The molecule has 1 atom stereocenters. The predicted octanol–water partition coefficient (Wildman–Crippen LogP) is 4.11. The number of nitrogens with zero attached hydrogens (tertiary/aromatic N) is 1. The lowest BCUT2D eigenvalue weighted by atomic mass is 10.1. The first-order chi connectivity index (χ1) is 10.3. The third-order valence-corrected chi connectivity index (χ3v) is 5.79. The van der Waals surface area contributed by atoms with Crippen LogP contribution in [0.3, 0.4) is 0 Å². The molecule has 0 fully saturated rings. The van der Waals surface area contributed by atoms with Crippen LogP contribution in [0.5, 0.6) is 0 Å². The highest BCUT2D eigenvalue weighted by atomic mass is 32.2. The number of ketones is 1. The third kappa shape index (κ3) is 2.55. The lowest BCUT2D eigenvalue weighted by molar-refractivity contribution is 0.0982. The summed E-state index contributed by atoms with van der Waals surface area (Å²) in [6.45, 7) is 1.000. The maximum atomic E-state index is 12.1. The van der Waals surface area contributed by atoms with Crippen molar-refractivity contribution in [2.45, 2.75) is 48.8 Å². The van der Waals surface area contributed by atoms with Gasteiger partial charge in [-0.3, -0.25) is 4.79 Å². The second-order valence-electron chi connectivity index (χ2n) is 6.08. The summed E-state index contributed by atoms with van der Waals surface area (Å²) in [5.74, 6) is 0.337. The fourth-order valence-electron chi connectivity index (χ4n) is 3.44. The van der Waals surface area contributed by atoms with Crippen LogP contribution in [0.25, 0.3) is 0 Å². The van der Waals surface area contributed by atoms with E-state index in [0.29, 0.717) is 11.0 Å². The Kier molecular flexibility index (Phi) is 3.38. The second kappa shape index (κ2) is 5.38. The van der Waals surface area contributed by atoms with Crippen molar-refractivity contribution in [2.75, 3.05) is 0 Å². The third-order valence-electron chi connectivity index (χ3n) is 4.49. The topological polar surface area (TPSA) is 22.0 Å². The number of fused-ring (bicyclic) bond motifs is 2. The molecule has 2 aliphatic rings. The Morgan fingerprint density at radius 3 is 2.86 bits per heavy atom. The molecular formula is C18H19NOS. The van der Waals surface area contributed by atoms with Crippen molar-refractivity contribution < 1.29 is 4.79 Å². The van der Waals surface area contributed by atoms with E-state index in [4.69, 9.17) is 0 Å². The summed E-state index contributed by atoms with van der Waals surface area (Å²) in [4.78, 5) is 13.5. The summed E-state index contributed by atoms with van der Waals surface area (Å²) >= 11 is 1.98. The predicted molar refractivity (Wildman–Crippen MR) is 86.1 cm³/mol. The maximum absolute atomic E-state index is 12.1. The van der Waals surface area contributed by atoms with E-state index < -0.39 is 0 Å². The molecule has 0 bridgehead atoms. The van der Waals surface area contributed by atoms with Gasteiger partial charge in [0.15, 0.2) is 5.78 Å². The van der Waals surface area contributed by atoms with E-state index in [-0.39, 0.29) is 0 Å². The molecule has 2 heterocycles. The van der Waals surface area contributed by atoms with Crippen molar-refractivity contribution in [1.82, 2.24) is 4.57 Å². The van der Waals surface area contributed by atoms with Gasteiger partial charge < -0.3 is 4.57 Å². The molecule has 0 amide bonds. The van der Waals surface area contributed by atoms with Gasteiger partial charge in [0.1, 0.15) is 0 Å². The Morgan fingerprint density at radius 2 is 1.95 bits per heavy atom. The van der Waals surface area contributed by atoms with Crippen molar-refractivity contribution in [1.29, 1.82) is 0 Å². The molecule has 1 unspecified atom stereocenters. The van der Waals surface area contributed by atoms with Crippen molar-refractivity contribution in [3.63, 3.8) is 0 Å². The number of benzene rings is 1. The van der Waals surface area contributed by atoms with Gasteiger partial charge in [0, 0.05) is 41.1 Å². The number of hydrogen-bond donors (Lipinski definition) is 0. The van der Waals surface area contributed by atoms with E-state index in [9.17, 15) is 4.79 Å². The smallest absolute Gasteiger partial charge is 0.164 e. The van der Waals surface area contributed by atoms with Crippen molar-refractivity contribution in [2.24, 2.45) is 0 Å². The molecule has 2 nitrogen and oxygen atoms in total. The molecule has 108 valence electrons. The molecule has 4 rings (SSSR count). The van der Waals surface area contributed by atoms with Crippen LogP contribution in [0.1, 0.15) is 40.7 Å². The number of carbonyl (C=O) groups excluding carboxylic acids is 1.